The first-order valence-electron chi connectivity index (χ1n) is 12.4. The number of nitrogens with one attached hydrogen (secondary N) is 1. The summed E-state index contributed by atoms with van der Waals surface area (Å²) in [5, 5.41) is 5.16. The number of primary amides is 1. The highest BCUT2D eigenvalue weighted by atomic mass is 32.1. The Kier molecular flexibility index (Phi) is 7.85. The predicted molar refractivity (Wildman–Crippen MR) is 132 cm³/mol. The number of carbonyl (C=O) groups is 3. The van der Waals surface area contributed by atoms with Gasteiger partial charge in [-0.25, -0.2) is 13.8 Å². The Bertz CT molecular complexity index is 1150. The molecule has 2 aromatic rings. The molecule has 0 bridgehead atoms. The lowest BCUT2D eigenvalue weighted by Crippen LogP contribution is -2.63. The fourth-order valence-electron chi connectivity index (χ4n) is 5.64. The summed E-state index contributed by atoms with van der Waals surface area (Å²) in [5.41, 5.74) is 4.42. The van der Waals surface area contributed by atoms with Crippen molar-refractivity contribution in [2.24, 2.45) is 17.6 Å². The minimum absolute atomic E-state index is 0.0346. The van der Waals surface area contributed by atoms with Crippen LogP contribution in [0.15, 0.2) is 23.6 Å². The number of thiazole rings is 1. The standard InChI is InChI=1S/C26H32F2N4O3S/c1-26(30-2,25(29)35)21(15-7-4-3-5-8-15)24(34)32-12-6-9-20(32)23-31-19(14-36-23)22(33)17-11-10-16(27)13-18(17)28/h10-11,13-15,20-21,30H,3-9,12H2,1-2H3,(H2,29,35)/t20-,21+,26?/m0/s1. The van der Waals surface area contributed by atoms with Gasteiger partial charge >= 0.3 is 0 Å². The van der Waals surface area contributed by atoms with E-state index < -0.39 is 34.8 Å². The number of hydrogen-bond acceptors (Lipinski definition) is 6. The number of hydrogen-bond donors (Lipinski definition) is 2. The van der Waals surface area contributed by atoms with Gasteiger partial charge in [0, 0.05) is 18.0 Å². The van der Waals surface area contributed by atoms with Crippen molar-refractivity contribution in [3.8, 4) is 0 Å². The highest BCUT2D eigenvalue weighted by molar-refractivity contribution is 7.10. The molecule has 10 heteroatoms. The van der Waals surface area contributed by atoms with E-state index in [2.05, 4.69) is 10.3 Å². The molecule has 4 rings (SSSR count). The highest BCUT2D eigenvalue weighted by Gasteiger charge is 2.50. The highest BCUT2D eigenvalue weighted by Crippen LogP contribution is 2.41. The number of likely N-dealkylation sites (tertiary alicyclic amines) is 1. The smallest absolute Gasteiger partial charge is 0.238 e. The molecule has 1 saturated carbocycles. The van der Waals surface area contributed by atoms with Crippen molar-refractivity contribution in [2.45, 2.75) is 63.5 Å². The van der Waals surface area contributed by atoms with Crippen LogP contribution >= 0.6 is 11.3 Å². The summed E-state index contributed by atoms with van der Waals surface area (Å²) in [6.07, 6.45) is 6.28. The van der Waals surface area contributed by atoms with Crippen LogP contribution < -0.4 is 11.1 Å². The summed E-state index contributed by atoms with van der Waals surface area (Å²) in [5.74, 6) is -3.62. The van der Waals surface area contributed by atoms with Crippen LogP contribution in [0.5, 0.6) is 0 Å². The molecule has 1 aliphatic heterocycles. The molecular weight excluding hydrogens is 486 g/mol. The molecule has 7 nitrogen and oxygen atoms in total. The predicted octanol–water partition coefficient (Wildman–Crippen LogP) is 3.98. The Morgan fingerprint density at radius 2 is 1.89 bits per heavy atom. The summed E-state index contributed by atoms with van der Waals surface area (Å²) in [7, 11) is 1.66. The lowest BCUT2D eigenvalue weighted by atomic mass is 9.69. The molecule has 1 aliphatic carbocycles. The minimum Gasteiger partial charge on any atom is -0.368 e. The van der Waals surface area contributed by atoms with Crippen molar-refractivity contribution in [1.82, 2.24) is 15.2 Å². The Morgan fingerprint density at radius 3 is 2.53 bits per heavy atom. The molecule has 3 atom stereocenters. The van der Waals surface area contributed by atoms with Crippen LogP contribution in [0, 0.1) is 23.5 Å². The molecule has 2 amide bonds. The van der Waals surface area contributed by atoms with Crippen molar-refractivity contribution in [1.29, 1.82) is 0 Å². The van der Waals surface area contributed by atoms with Gasteiger partial charge in [0.05, 0.1) is 17.5 Å². The van der Waals surface area contributed by atoms with Crippen LogP contribution in [-0.2, 0) is 9.59 Å². The van der Waals surface area contributed by atoms with Crippen LogP contribution in [0.4, 0.5) is 8.78 Å². The van der Waals surface area contributed by atoms with E-state index in [0.717, 1.165) is 50.7 Å². The third kappa shape index (κ3) is 4.93. The van der Waals surface area contributed by atoms with Crippen molar-refractivity contribution in [3.05, 3.63) is 51.5 Å². The number of ketones is 1. The van der Waals surface area contributed by atoms with Crippen LogP contribution in [0.2, 0.25) is 0 Å². The maximum atomic E-state index is 14.2. The summed E-state index contributed by atoms with van der Waals surface area (Å²) < 4.78 is 27.4. The normalized spacial score (nSPS) is 21.2. The Morgan fingerprint density at radius 1 is 1.17 bits per heavy atom. The number of amides is 2. The van der Waals surface area contributed by atoms with Gasteiger partial charge in [0.25, 0.3) is 0 Å². The Labute approximate surface area is 213 Å². The Balaban J connectivity index is 1.61. The number of halogens is 2. The van der Waals surface area contributed by atoms with Crippen LogP contribution in [0.1, 0.15) is 79.0 Å². The summed E-state index contributed by atoms with van der Waals surface area (Å²) in [6.45, 7) is 2.22. The molecule has 2 aliphatic rings. The van der Waals surface area contributed by atoms with Gasteiger partial charge in [0.15, 0.2) is 0 Å². The molecular formula is C26H32F2N4O3S. The molecule has 3 N–H and O–H groups in total. The summed E-state index contributed by atoms with van der Waals surface area (Å²) >= 11 is 1.24. The van der Waals surface area contributed by atoms with Crippen molar-refractivity contribution in [2.75, 3.05) is 13.6 Å². The first-order valence-corrected chi connectivity index (χ1v) is 13.3. The van der Waals surface area contributed by atoms with Gasteiger partial charge in [-0.1, -0.05) is 19.3 Å². The van der Waals surface area contributed by atoms with E-state index in [1.54, 1.807) is 24.3 Å². The molecule has 1 aromatic heterocycles. The molecule has 0 spiro atoms. The fraction of sp³-hybridized carbons (Fsp3) is 0.538. The number of rotatable bonds is 8. The lowest BCUT2D eigenvalue weighted by Gasteiger charge is -2.42. The summed E-state index contributed by atoms with van der Waals surface area (Å²) in [4.78, 5) is 45.7. The summed E-state index contributed by atoms with van der Waals surface area (Å²) in [6, 6.07) is 2.46. The number of aromatic nitrogens is 1. The largest absolute Gasteiger partial charge is 0.368 e. The third-order valence-electron chi connectivity index (χ3n) is 7.79. The average Bonchev–Trinajstić information content (AvgIpc) is 3.54. The second-order valence-electron chi connectivity index (χ2n) is 9.91. The molecule has 1 aromatic carbocycles. The van der Waals surface area contributed by atoms with Gasteiger partial charge in [0.1, 0.15) is 27.9 Å². The molecule has 2 heterocycles. The maximum absolute atomic E-state index is 14.2. The first-order chi connectivity index (χ1) is 17.2. The number of nitrogens with two attached hydrogens (primary N) is 1. The second kappa shape index (κ2) is 10.7. The second-order valence-corrected chi connectivity index (χ2v) is 10.8. The van der Waals surface area contributed by atoms with Crippen LogP contribution in [0.3, 0.4) is 0 Å². The van der Waals surface area contributed by atoms with Gasteiger partial charge in [0.2, 0.25) is 17.6 Å². The van der Waals surface area contributed by atoms with E-state index in [1.807, 2.05) is 0 Å². The van der Waals surface area contributed by atoms with E-state index in [9.17, 15) is 23.2 Å². The zero-order valence-electron chi connectivity index (χ0n) is 20.6. The zero-order chi connectivity index (χ0) is 26.0. The van der Waals surface area contributed by atoms with Crippen molar-refractivity contribution >= 4 is 28.9 Å². The molecule has 0 radical (unpaired) electrons. The van der Waals surface area contributed by atoms with E-state index in [-0.39, 0.29) is 29.1 Å². The van der Waals surface area contributed by atoms with Gasteiger partial charge in [-0.3, -0.25) is 14.4 Å². The van der Waals surface area contributed by atoms with Crippen LogP contribution in [-0.4, -0.2) is 46.6 Å². The number of carbonyl (C=O) groups excluding carboxylic acids is 3. The van der Waals surface area contributed by atoms with E-state index in [0.29, 0.717) is 24.0 Å². The van der Waals surface area contributed by atoms with E-state index >= 15 is 0 Å². The van der Waals surface area contributed by atoms with Gasteiger partial charge in [-0.05, 0) is 57.7 Å². The van der Waals surface area contributed by atoms with Crippen LogP contribution in [0.25, 0.3) is 0 Å². The van der Waals surface area contributed by atoms with Crippen molar-refractivity contribution in [3.63, 3.8) is 0 Å². The zero-order valence-corrected chi connectivity index (χ0v) is 21.4. The number of nitrogens with zero attached hydrogens (tertiary/aromatic N) is 2. The topological polar surface area (TPSA) is 105 Å². The maximum Gasteiger partial charge on any atom is 0.238 e. The molecule has 36 heavy (non-hydrogen) atoms. The number of benzene rings is 1. The molecule has 194 valence electrons. The Hall–Kier alpha value is -2.72. The van der Waals surface area contributed by atoms with E-state index in [4.69, 9.17) is 5.73 Å². The van der Waals surface area contributed by atoms with Crippen molar-refractivity contribution < 1.29 is 23.2 Å². The molecule has 1 saturated heterocycles. The minimum atomic E-state index is -1.20. The fourth-order valence-corrected chi connectivity index (χ4v) is 6.59. The van der Waals surface area contributed by atoms with Gasteiger partial charge in [-0.15, -0.1) is 11.3 Å². The number of likely N-dealkylation sites (N-methyl/N-ethyl adjacent to an activating group) is 1. The van der Waals surface area contributed by atoms with Gasteiger partial charge in [-0.2, -0.15) is 0 Å². The SMILES string of the molecule is CNC(C)(C(N)=O)[C@@H](C(=O)N1CCC[C@H]1c1nc(C(=O)c2ccc(F)cc2F)cs1)C1CCCCC1. The molecule has 2 fully saturated rings. The molecule has 1 unspecified atom stereocenters. The quantitative estimate of drug-likeness (QED) is 0.515. The average molecular weight is 519 g/mol. The first kappa shape index (κ1) is 26.3. The monoisotopic (exact) mass is 518 g/mol. The third-order valence-corrected chi connectivity index (χ3v) is 8.74. The lowest BCUT2D eigenvalue weighted by molar-refractivity contribution is -0.147. The van der Waals surface area contributed by atoms with Gasteiger partial charge < -0.3 is 16.0 Å². The van der Waals surface area contributed by atoms with E-state index in [1.165, 1.54) is 11.3 Å².